The summed E-state index contributed by atoms with van der Waals surface area (Å²) >= 11 is 3.08. The molecule has 0 bridgehead atoms. The molecular formula is C11H6BrFN4O3. The summed E-state index contributed by atoms with van der Waals surface area (Å²) in [7, 11) is 0. The molecule has 3 rings (SSSR count). The number of fused-ring (bicyclic) bond motifs is 1. The minimum Gasteiger partial charge on any atom is -0.449 e. The zero-order valence-electron chi connectivity index (χ0n) is 9.67. The molecule has 0 aliphatic rings. The summed E-state index contributed by atoms with van der Waals surface area (Å²) < 4.78 is 19.5. The van der Waals surface area contributed by atoms with E-state index in [-0.39, 0.29) is 5.75 Å². The SMILES string of the molecule is O=C(O)Oc1cnn(-c2nc3cc(Br)c(F)cc3[nH]2)c1. The first-order valence-corrected chi connectivity index (χ1v) is 6.13. The molecular weight excluding hydrogens is 335 g/mol. The molecule has 2 heterocycles. The van der Waals surface area contributed by atoms with Gasteiger partial charge in [-0.2, -0.15) is 5.10 Å². The van der Waals surface area contributed by atoms with E-state index >= 15 is 0 Å². The molecule has 0 fully saturated rings. The number of aromatic nitrogens is 4. The number of benzene rings is 1. The fourth-order valence-electron chi connectivity index (χ4n) is 1.68. The Hall–Kier alpha value is -2.42. The molecule has 102 valence electrons. The number of rotatable bonds is 2. The number of halogens is 2. The van der Waals surface area contributed by atoms with Crippen LogP contribution in [0.5, 0.6) is 5.75 Å². The molecule has 0 amide bonds. The Morgan fingerprint density at radius 1 is 1.50 bits per heavy atom. The monoisotopic (exact) mass is 340 g/mol. The van der Waals surface area contributed by atoms with Gasteiger partial charge in [-0.1, -0.05) is 0 Å². The van der Waals surface area contributed by atoms with Crippen molar-refractivity contribution in [3.63, 3.8) is 0 Å². The molecule has 0 saturated heterocycles. The number of hydrogen-bond acceptors (Lipinski definition) is 4. The highest BCUT2D eigenvalue weighted by molar-refractivity contribution is 9.10. The Morgan fingerprint density at radius 2 is 2.30 bits per heavy atom. The number of carboxylic acid groups (broad SMARTS) is 1. The summed E-state index contributed by atoms with van der Waals surface area (Å²) in [5.74, 6) is -0.0360. The first kappa shape index (κ1) is 12.6. The van der Waals surface area contributed by atoms with Crippen molar-refractivity contribution in [3.8, 4) is 11.7 Å². The standard InChI is InChI=1S/C11H6BrFN4O3/c12-6-1-8-9(2-7(6)13)16-10(15-8)17-4-5(3-14-17)20-11(18)19/h1-4H,(H,15,16)(H,18,19). The predicted octanol–water partition coefficient (Wildman–Crippen LogP) is 2.71. The van der Waals surface area contributed by atoms with Crippen molar-refractivity contribution in [1.29, 1.82) is 0 Å². The van der Waals surface area contributed by atoms with Crippen molar-refractivity contribution in [2.24, 2.45) is 0 Å². The molecule has 9 heteroatoms. The molecule has 2 aromatic heterocycles. The van der Waals surface area contributed by atoms with Gasteiger partial charge in [-0.05, 0) is 22.0 Å². The maximum absolute atomic E-state index is 13.4. The first-order chi connectivity index (χ1) is 9.52. The molecule has 0 atom stereocenters. The third-order valence-electron chi connectivity index (χ3n) is 2.49. The molecule has 0 radical (unpaired) electrons. The lowest BCUT2D eigenvalue weighted by Crippen LogP contribution is -2.02. The Morgan fingerprint density at radius 3 is 3.05 bits per heavy atom. The second-order valence-electron chi connectivity index (χ2n) is 3.83. The average molecular weight is 341 g/mol. The van der Waals surface area contributed by atoms with Gasteiger partial charge < -0.3 is 14.8 Å². The van der Waals surface area contributed by atoms with Crippen LogP contribution in [-0.4, -0.2) is 31.0 Å². The number of nitrogens with zero attached hydrogens (tertiary/aromatic N) is 3. The Bertz CT molecular complexity index is 774. The van der Waals surface area contributed by atoms with Crippen LogP contribution in [-0.2, 0) is 0 Å². The molecule has 0 spiro atoms. The topological polar surface area (TPSA) is 93.0 Å². The summed E-state index contributed by atoms with van der Waals surface area (Å²) in [5, 5.41) is 12.4. The zero-order chi connectivity index (χ0) is 14.3. The van der Waals surface area contributed by atoms with Crippen LogP contribution in [0.25, 0.3) is 17.0 Å². The van der Waals surface area contributed by atoms with E-state index in [4.69, 9.17) is 5.11 Å². The molecule has 0 unspecified atom stereocenters. The number of imidazole rings is 1. The lowest BCUT2D eigenvalue weighted by molar-refractivity contribution is 0.144. The third-order valence-corrected chi connectivity index (χ3v) is 3.10. The van der Waals surface area contributed by atoms with Gasteiger partial charge in [-0.3, -0.25) is 0 Å². The number of H-pyrrole nitrogens is 1. The summed E-state index contributed by atoms with van der Waals surface area (Å²) in [6.45, 7) is 0. The minimum atomic E-state index is -1.43. The first-order valence-electron chi connectivity index (χ1n) is 5.33. The van der Waals surface area contributed by atoms with Crippen molar-refractivity contribution in [3.05, 3.63) is 34.8 Å². The van der Waals surface area contributed by atoms with Gasteiger partial charge in [-0.25, -0.2) is 18.9 Å². The van der Waals surface area contributed by atoms with E-state index < -0.39 is 12.0 Å². The summed E-state index contributed by atoms with van der Waals surface area (Å²) in [6, 6.07) is 2.83. The van der Waals surface area contributed by atoms with Gasteiger partial charge in [-0.15, -0.1) is 0 Å². The summed E-state index contributed by atoms with van der Waals surface area (Å²) in [5.41, 5.74) is 1.04. The molecule has 20 heavy (non-hydrogen) atoms. The lowest BCUT2D eigenvalue weighted by Gasteiger charge is -1.93. The smallest absolute Gasteiger partial charge is 0.449 e. The van der Waals surface area contributed by atoms with Gasteiger partial charge in [0.2, 0.25) is 5.95 Å². The van der Waals surface area contributed by atoms with Crippen LogP contribution in [0.15, 0.2) is 29.0 Å². The molecule has 1 aromatic carbocycles. The fourth-order valence-corrected chi connectivity index (χ4v) is 2.01. The van der Waals surface area contributed by atoms with E-state index in [2.05, 4.69) is 35.7 Å². The number of hydrogen-bond donors (Lipinski definition) is 2. The largest absolute Gasteiger partial charge is 0.511 e. The third kappa shape index (κ3) is 2.23. The van der Waals surface area contributed by atoms with E-state index in [9.17, 15) is 9.18 Å². The van der Waals surface area contributed by atoms with Crippen molar-refractivity contribution in [2.45, 2.75) is 0 Å². The lowest BCUT2D eigenvalue weighted by atomic mass is 10.3. The maximum atomic E-state index is 13.4. The fraction of sp³-hybridized carbons (Fsp3) is 0. The van der Waals surface area contributed by atoms with Crippen LogP contribution in [0.1, 0.15) is 0 Å². The summed E-state index contributed by atoms with van der Waals surface area (Å²) in [4.78, 5) is 17.5. The molecule has 2 N–H and O–H groups in total. The van der Waals surface area contributed by atoms with Gasteiger partial charge >= 0.3 is 6.16 Å². The highest BCUT2D eigenvalue weighted by Gasteiger charge is 2.11. The summed E-state index contributed by atoms with van der Waals surface area (Å²) in [6.07, 6.45) is 1.15. The second kappa shape index (κ2) is 4.60. The molecule has 0 saturated carbocycles. The van der Waals surface area contributed by atoms with Gasteiger partial charge in [0.15, 0.2) is 5.75 Å². The number of carbonyl (C=O) groups is 1. The van der Waals surface area contributed by atoms with Crippen LogP contribution in [0.4, 0.5) is 9.18 Å². The van der Waals surface area contributed by atoms with Crippen LogP contribution in [0.2, 0.25) is 0 Å². The van der Waals surface area contributed by atoms with Crippen molar-refractivity contribution >= 4 is 33.1 Å². The Kier molecular flexibility index (Phi) is 2.90. The highest BCUT2D eigenvalue weighted by atomic mass is 79.9. The number of ether oxygens (including phenoxy) is 1. The van der Waals surface area contributed by atoms with E-state index in [1.165, 1.54) is 29.2 Å². The normalized spacial score (nSPS) is 10.9. The van der Waals surface area contributed by atoms with Gasteiger partial charge in [0.1, 0.15) is 5.82 Å². The minimum absolute atomic E-state index is 0.0605. The van der Waals surface area contributed by atoms with E-state index in [0.29, 0.717) is 21.5 Å². The molecule has 0 aliphatic heterocycles. The van der Waals surface area contributed by atoms with Crippen LogP contribution >= 0.6 is 15.9 Å². The van der Waals surface area contributed by atoms with Crippen molar-refractivity contribution in [2.75, 3.05) is 0 Å². The van der Waals surface area contributed by atoms with E-state index in [1.807, 2.05) is 0 Å². The molecule has 7 nitrogen and oxygen atoms in total. The maximum Gasteiger partial charge on any atom is 0.511 e. The Labute approximate surface area is 119 Å². The quantitative estimate of drug-likeness (QED) is 0.699. The molecule has 3 aromatic rings. The van der Waals surface area contributed by atoms with Crippen molar-refractivity contribution in [1.82, 2.24) is 19.7 Å². The van der Waals surface area contributed by atoms with Crippen molar-refractivity contribution < 1.29 is 19.0 Å². The molecule has 0 aliphatic carbocycles. The van der Waals surface area contributed by atoms with Crippen LogP contribution in [0.3, 0.4) is 0 Å². The van der Waals surface area contributed by atoms with E-state index in [0.717, 1.165) is 0 Å². The number of aromatic amines is 1. The number of nitrogens with one attached hydrogen (secondary N) is 1. The predicted molar refractivity (Wildman–Crippen MR) is 69.5 cm³/mol. The second-order valence-corrected chi connectivity index (χ2v) is 4.69. The van der Waals surface area contributed by atoms with Gasteiger partial charge in [0, 0.05) is 6.07 Å². The van der Waals surface area contributed by atoms with Crippen LogP contribution in [0, 0.1) is 5.82 Å². The van der Waals surface area contributed by atoms with Gasteiger partial charge in [0.05, 0.1) is 27.9 Å². The average Bonchev–Trinajstić information content (AvgIpc) is 2.95. The van der Waals surface area contributed by atoms with Gasteiger partial charge in [0.25, 0.3) is 0 Å². The van der Waals surface area contributed by atoms with Crippen LogP contribution < -0.4 is 4.74 Å². The highest BCUT2D eigenvalue weighted by Crippen LogP contribution is 2.23. The Balaban J connectivity index is 2.01. The van der Waals surface area contributed by atoms with E-state index in [1.54, 1.807) is 0 Å². The zero-order valence-corrected chi connectivity index (χ0v) is 11.3.